The zero-order valence-corrected chi connectivity index (χ0v) is 17.8. The van der Waals surface area contributed by atoms with Crippen LogP contribution in [-0.2, 0) is 0 Å². The molecule has 0 unspecified atom stereocenters. The second-order valence-corrected chi connectivity index (χ2v) is 7.50. The van der Waals surface area contributed by atoms with Gasteiger partial charge in [0.15, 0.2) is 16.6 Å². The molecule has 0 saturated heterocycles. The number of benzene rings is 2. The Hall–Kier alpha value is -2.31. The second-order valence-electron chi connectivity index (χ2n) is 6.08. The maximum atomic E-state index is 13.2. The van der Waals surface area contributed by atoms with Crippen LogP contribution in [0.15, 0.2) is 36.4 Å². The van der Waals surface area contributed by atoms with Gasteiger partial charge >= 0.3 is 0 Å². The summed E-state index contributed by atoms with van der Waals surface area (Å²) in [5, 5.41) is 1.03. The van der Waals surface area contributed by atoms with Gasteiger partial charge in [-0.3, -0.25) is 9.69 Å². The van der Waals surface area contributed by atoms with Crippen LogP contribution in [0.3, 0.4) is 0 Å². The number of fused-ring (bicyclic) bond motifs is 1. The van der Waals surface area contributed by atoms with Gasteiger partial charge in [-0.25, -0.2) is 4.98 Å². The Morgan fingerprint density at radius 2 is 1.96 bits per heavy atom. The lowest BCUT2D eigenvalue weighted by atomic mass is 10.1. The fraction of sp³-hybridized carbons (Fsp3) is 0.333. The molecular weight excluding hydrogens is 396 g/mol. The van der Waals surface area contributed by atoms with Gasteiger partial charge in [0.25, 0.3) is 5.91 Å². The SMILES string of the molecule is CCCOc1c(Cl)cc(C(=O)N(CC)c2nc3ccccc3s2)cc1OCC. The third-order valence-electron chi connectivity index (χ3n) is 4.08. The highest BCUT2D eigenvalue weighted by Crippen LogP contribution is 2.38. The van der Waals surface area contributed by atoms with Crippen molar-refractivity contribution >= 4 is 44.2 Å². The molecule has 1 aromatic heterocycles. The number of ether oxygens (including phenoxy) is 2. The molecule has 1 heterocycles. The minimum Gasteiger partial charge on any atom is -0.490 e. The molecule has 0 atom stereocenters. The van der Waals surface area contributed by atoms with E-state index in [1.807, 2.05) is 45.0 Å². The molecular formula is C21H23ClN2O3S. The number of para-hydroxylation sites is 1. The van der Waals surface area contributed by atoms with E-state index in [1.165, 1.54) is 11.3 Å². The zero-order valence-electron chi connectivity index (χ0n) is 16.2. The van der Waals surface area contributed by atoms with Crippen molar-refractivity contribution in [2.24, 2.45) is 0 Å². The van der Waals surface area contributed by atoms with Crippen LogP contribution in [0, 0.1) is 0 Å². The lowest BCUT2D eigenvalue weighted by Gasteiger charge is -2.19. The number of hydrogen-bond acceptors (Lipinski definition) is 5. The normalized spacial score (nSPS) is 10.9. The molecule has 0 N–H and O–H groups in total. The Balaban J connectivity index is 1.97. The summed E-state index contributed by atoms with van der Waals surface area (Å²) >= 11 is 7.91. The minimum absolute atomic E-state index is 0.175. The van der Waals surface area contributed by atoms with Gasteiger partial charge in [-0.1, -0.05) is 42.0 Å². The number of anilines is 1. The van der Waals surface area contributed by atoms with E-state index >= 15 is 0 Å². The van der Waals surface area contributed by atoms with Gasteiger partial charge in [0.2, 0.25) is 0 Å². The average molecular weight is 419 g/mol. The van der Waals surface area contributed by atoms with Crippen LogP contribution in [0.25, 0.3) is 10.2 Å². The lowest BCUT2D eigenvalue weighted by Crippen LogP contribution is -2.30. The van der Waals surface area contributed by atoms with Crippen molar-refractivity contribution in [3.05, 3.63) is 47.0 Å². The summed E-state index contributed by atoms with van der Waals surface area (Å²) in [6.45, 7) is 7.29. The van der Waals surface area contributed by atoms with Gasteiger partial charge in [0, 0.05) is 12.1 Å². The fourth-order valence-electron chi connectivity index (χ4n) is 2.80. The van der Waals surface area contributed by atoms with Gasteiger partial charge < -0.3 is 9.47 Å². The van der Waals surface area contributed by atoms with Gasteiger partial charge in [0.05, 0.1) is 28.5 Å². The van der Waals surface area contributed by atoms with E-state index in [2.05, 4.69) is 4.98 Å². The molecule has 0 aliphatic rings. The Bertz CT molecular complexity index is 940. The number of carbonyl (C=O) groups excluding carboxylic acids is 1. The minimum atomic E-state index is -0.175. The maximum Gasteiger partial charge on any atom is 0.260 e. The van der Waals surface area contributed by atoms with E-state index in [4.69, 9.17) is 21.1 Å². The van der Waals surface area contributed by atoms with E-state index in [-0.39, 0.29) is 5.91 Å². The van der Waals surface area contributed by atoms with Crippen molar-refractivity contribution < 1.29 is 14.3 Å². The van der Waals surface area contributed by atoms with E-state index < -0.39 is 0 Å². The monoisotopic (exact) mass is 418 g/mol. The summed E-state index contributed by atoms with van der Waals surface area (Å²) in [6, 6.07) is 11.2. The third-order valence-corrected chi connectivity index (χ3v) is 5.42. The van der Waals surface area contributed by atoms with Crippen LogP contribution in [0.2, 0.25) is 5.02 Å². The predicted octanol–water partition coefficient (Wildman–Crippen LogP) is 5.80. The number of hydrogen-bond donors (Lipinski definition) is 0. The largest absolute Gasteiger partial charge is 0.490 e. The first-order valence-corrected chi connectivity index (χ1v) is 10.5. The summed E-state index contributed by atoms with van der Waals surface area (Å²) in [7, 11) is 0. The van der Waals surface area contributed by atoms with Crippen molar-refractivity contribution in [2.75, 3.05) is 24.7 Å². The number of aromatic nitrogens is 1. The van der Waals surface area contributed by atoms with Crippen molar-refractivity contribution in [3.8, 4) is 11.5 Å². The smallest absolute Gasteiger partial charge is 0.260 e. The van der Waals surface area contributed by atoms with E-state index in [0.29, 0.717) is 47.0 Å². The second kappa shape index (κ2) is 9.26. The molecule has 0 fully saturated rings. The highest BCUT2D eigenvalue weighted by atomic mass is 35.5. The molecule has 0 spiro atoms. The number of rotatable bonds is 8. The summed E-state index contributed by atoms with van der Waals surface area (Å²) in [5.41, 5.74) is 1.32. The Morgan fingerprint density at radius 1 is 1.18 bits per heavy atom. The van der Waals surface area contributed by atoms with Crippen molar-refractivity contribution in [1.82, 2.24) is 4.98 Å². The molecule has 28 heavy (non-hydrogen) atoms. The predicted molar refractivity (Wildman–Crippen MR) is 115 cm³/mol. The van der Waals surface area contributed by atoms with E-state index in [0.717, 1.165) is 16.6 Å². The van der Waals surface area contributed by atoms with Crippen molar-refractivity contribution in [3.63, 3.8) is 0 Å². The number of halogens is 1. The summed E-state index contributed by atoms with van der Waals surface area (Å²) in [5.74, 6) is 0.781. The first kappa shape index (κ1) is 20.4. The number of carbonyl (C=O) groups is 1. The summed E-state index contributed by atoms with van der Waals surface area (Å²) in [4.78, 5) is 19.5. The topological polar surface area (TPSA) is 51.7 Å². The Morgan fingerprint density at radius 3 is 2.64 bits per heavy atom. The molecule has 0 aliphatic carbocycles. The average Bonchev–Trinajstić information content (AvgIpc) is 3.11. The van der Waals surface area contributed by atoms with E-state index in [1.54, 1.807) is 17.0 Å². The highest BCUT2D eigenvalue weighted by Gasteiger charge is 2.23. The van der Waals surface area contributed by atoms with Crippen LogP contribution in [0.1, 0.15) is 37.6 Å². The van der Waals surface area contributed by atoms with Gasteiger partial charge in [0.1, 0.15) is 0 Å². The maximum absolute atomic E-state index is 13.2. The molecule has 0 aliphatic heterocycles. The van der Waals surface area contributed by atoms with Gasteiger partial charge in [-0.05, 0) is 44.5 Å². The molecule has 7 heteroatoms. The molecule has 148 valence electrons. The van der Waals surface area contributed by atoms with Crippen LogP contribution in [-0.4, -0.2) is 30.6 Å². The van der Waals surface area contributed by atoms with Crippen LogP contribution >= 0.6 is 22.9 Å². The summed E-state index contributed by atoms with van der Waals surface area (Å²) in [6.07, 6.45) is 0.851. The molecule has 3 rings (SSSR count). The van der Waals surface area contributed by atoms with E-state index in [9.17, 15) is 4.79 Å². The Kier molecular flexibility index (Phi) is 6.75. The highest BCUT2D eigenvalue weighted by molar-refractivity contribution is 7.22. The van der Waals surface area contributed by atoms with Crippen LogP contribution < -0.4 is 14.4 Å². The first-order valence-electron chi connectivity index (χ1n) is 9.35. The quantitative estimate of drug-likeness (QED) is 0.463. The van der Waals surface area contributed by atoms with Gasteiger partial charge in [-0.15, -0.1) is 0 Å². The zero-order chi connectivity index (χ0) is 20.1. The first-order chi connectivity index (χ1) is 13.6. The lowest BCUT2D eigenvalue weighted by molar-refractivity contribution is 0.0987. The molecule has 2 aromatic carbocycles. The van der Waals surface area contributed by atoms with Gasteiger partial charge in [-0.2, -0.15) is 0 Å². The van der Waals surface area contributed by atoms with Crippen LogP contribution in [0.5, 0.6) is 11.5 Å². The van der Waals surface area contributed by atoms with Crippen LogP contribution in [0.4, 0.5) is 5.13 Å². The molecule has 0 bridgehead atoms. The molecule has 5 nitrogen and oxygen atoms in total. The number of thiazole rings is 1. The van der Waals surface area contributed by atoms with Crippen molar-refractivity contribution in [2.45, 2.75) is 27.2 Å². The third kappa shape index (κ3) is 4.23. The standard InChI is InChI=1S/C21H23ClN2O3S/c1-4-11-27-19-15(22)12-14(13-17(19)26-6-3)20(25)24(5-2)21-23-16-9-7-8-10-18(16)28-21/h7-10,12-13H,4-6,11H2,1-3H3. The number of amides is 1. The molecule has 0 saturated carbocycles. The summed E-state index contributed by atoms with van der Waals surface area (Å²) < 4.78 is 12.4. The fourth-order valence-corrected chi connectivity index (χ4v) is 4.09. The molecule has 3 aromatic rings. The number of nitrogens with zero attached hydrogens (tertiary/aromatic N) is 2. The molecule has 0 radical (unpaired) electrons. The molecule has 1 amide bonds. The Labute approximate surface area is 173 Å². The van der Waals surface area contributed by atoms with Crippen molar-refractivity contribution in [1.29, 1.82) is 0 Å².